The highest BCUT2D eigenvalue weighted by atomic mass is 35.5. The summed E-state index contributed by atoms with van der Waals surface area (Å²) in [5.74, 6) is 0.243. The zero-order valence-corrected chi connectivity index (χ0v) is 11.0. The maximum absolute atomic E-state index is 11.2. The molecule has 16 heavy (non-hydrogen) atoms. The molecule has 5 heteroatoms. The largest absolute Gasteiger partial charge is 0.460 e. The Morgan fingerprint density at radius 2 is 1.62 bits per heavy atom. The fraction of sp³-hybridized carbons (Fsp3) is 0.909. The van der Waals surface area contributed by atoms with Crippen molar-refractivity contribution in [3.63, 3.8) is 0 Å². The Morgan fingerprint density at radius 3 is 2.12 bits per heavy atom. The number of rotatable bonds is 8. The van der Waals surface area contributed by atoms with Crippen molar-refractivity contribution in [2.24, 2.45) is 0 Å². The van der Waals surface area contributed by atoms with Crippen LogP contribution in [0.2, 0.25) is 0 Å². The van der Waals surface area contributed by atoms with Gasteiger partial charge in [0.15, 0.2) is 0 Å². The van der Waals surface area contributed by atoms with E-state index in [-0.39, 0.29) is 12.4 Å². The van der Waals surface area contributed by atoms with Gasteiger partial charge in [-0.2, -0.15) is 0 Å². The van der Waals surface area contributed by atoms with Gasteiger partial charge in [-0.3, -0.25) is 4.79 Å². The summed E-state index contributed by atoms with van der Waals surface area (Å²) in [6.07, 6.45) is 0.271. The minimum atomic E-state index is -0.430. The predicted molar refractivity (Wildman–Crippen MR) is 62.8 cm³/mol. The first-order chi connectivity index (χ1) is 7.45. The minimum absolute atomic E-state index is 0.242. The summed E-state index contributed by atoms with van der Waals surface area (Å²) < 4.78 is 15.4. The molecule has 0 fully saturated rings. The molecule has 0 unspecified atom stereocenters. The van der Waals surface area contributed by atoms with E-state index in [0.29, 0.717) is 32.3 Å². The molecule has 0 rings (SSSR count). The van der Waals surface area contributed by atoms with E-state index < -0.39 is 5.60 Å². The van der Waals surface area contributed by atoms with Crippen LogP contribution in [0.3, 0.4) is 0 Å². The first kappa shape index (κ1) is 15.7. The molecule has 0 spiro atoms. The van der Waals surface area contributed by atoms with Crippen molar-refractivity contribution < 1.29 is 19.0 Å². The zero-order chi connectivity index (χ0) is 12.4. The fourth-order valence-electron chi connectivity index (χ4n) is 0.925. The third-order valence-corrected chi connectivity index (χ3v) is 1.62. The molecule has 0 aromatic heterocycles. The van der Waals surface area contributed by atoms with Crippen molar-refractivity contribution in [3.05, 3.63) is 0 Å². The van der Waals surface area contributed by atoms with Crippen LogP contribution in [0.25, 0.3) is 0 Å². The van der Waals surface area contributed by atoms with Gasteiger partial charge in [0.05, 0.1) is 32.8 Å². The third-order valence-electron chi connectivity index (χ3n) is 1.46. The number of carbonyl (C=O) groups is 1. The van der Waals surface area contributed by atoms with E-state index >= 15 is 0 Å². The summed E-state index contributed by atoms with van der Waals surface area (Å²) in [4.78, 5) is 11.2. The average Bonchev–Trinajstić information content (AvgIpc) is 2.13. The molecule has 0 aliphatic rings. The van der Waals surface area contributed by atoms with Gasteiger partial charge in [-0.15, -0.1) is 11.6 Å². The standard InChI is InChI=1S/C11H21ClO4/c1-11(2,3)16-10(13)4-6-14-8-9-15-7-5-12/h4-9H2,1-3H3. The van der Waals surface area contributed by atoms with Gasteiger partial charge in [0.2, 0.25) is 0 Å². The second-order valence-electron chi connectivity index (χ2n) is 4.25. The molecule has 0 heterocycles. The van der Waals surface area contributed by atoms with Crippen molar-refractivity contribution in [2.75, 3.05) is 32.3 Å². The highest BCUT2D eigenvalue weighted by molar-refractivity contribution is 6.17. The number of halogens is 1. The van der Waals surface area contributed by atoms with Crippen molar-refractivity contribution >= 4 is 17.6 Å². The molecule has 0 atom stereocenters. The Morgan fingerprint density at radius 1 is 1.06 bits per heavy atom. The number of esters is 1. The van der Waals surface area contributed by atoms with Crippen molar-refractivity contribution in [1.82, 2.24) is 0 Å². The molecule has 0 N–H and O–H groups in total. The van der Waals surface area contributed by atoms with Crippen LogP contribution in [-0.2, 0) is 19.0 Å². The van der Waals surface area contributed by atoms with Crippen LogP contribution in [0.15, 0.2) is 0 Å². The van der Waals surface area contributed by atoms with Crippen LogP contribution in [0, 0.1) is 0 Å². The van der Waals surface area contributed by atoms with Crippen molar-refractivity contribution in [2.45, 2.75) is 32.8 Å². The van der Waals surface area contributed by atoms with E-state index in [0.717, 1.165) is 0 Å². The van der Waals surface area contributed by atoms with Crippen LogP contribution in [0.4, 0.5) is 0 Å². The van der Waals surface area contributed by atoms with Crippen LogP contribution in [-0.4, -0.2) is 43.9 Å². The van der Waals surface area contributed by atoms with Gasteiger partial charge in [-0.25, -0.2) is 0 Å². The van der Waals surface area contributed by atoms with Gasteiger partial charge in [-0.05, 0) is 20.8 Å². The molecular weight excluding hydrogens is 232 g/mol. The van der Waals surface area contributed by atoms with Crippen LogP contribution in [0.1, 0.15) is 27.2 Å². The molecule has 0 aromatic rings. The number of ether oxygens (including phenoxy) is 3. The average molecular weight is 253 g/mol. The zero-order valence-electron chi connectivity index (χ0n) is 10.3. The van der Waals surface area contributed by atoms with Crippen LogP contribution in [0.5, 0.6) is 0 Å². The minimum Gasteiger partial charge on any atom is -0.460 e. The number of carbonyl (C=O) groups excluding carboxylic acids is 1. The molecule has 0 aromatic carbocycles. The lowest BCUT2D eigenvalue weighted by molar-refractivity contribution is -0.156. The molecule has 0 aliphatic heterocycles. The molecule has 0 aliphatic carbocycles. The van der Waals surface area contributed by atoms with Gasteiger partial charge < -0.3 is 14.2 Å². The van der Waals surface area contributed by atoms with Gasteiger partial charge >= 0.3 is 5.97 Å². The summed E-state index contributed by atoms with van der Waals surface area (Å²) in [5, 5.41) is 0. The molecule has 0 radical (unpaired) electrons. The van der Waals surface area contributed by atoms with E-state index in [1.54, 1.807) is 0 Å². The van der Waals surface area contributed by atoms with Gasteiger partial charge in [0.25, 0.3) is 0 Å². The summed E-state index contributed by atoms with van der Waals surface area (Å²) in [6.45, 7) is 7.38. The topological polar surface area (TPSA) is 44.8 Å². The lowest BCUT2D eigenvalue weighted by atomic mass is 10.2. The Balaban J connectivity index is 3.28. The SMILES string of the molecule is CC(C)(C)OC(=O)CCOCCOCCCl. The molecule has 4 nitrogen and oxygen atoms in total. The van der Waals surface area contributed by atoms with Gasteiger partial charge in [0, 0.05) is 5.88 Å². The number of alkyl halides is 1. The molecular formula is C11H21ClO4. The van der Waals surface area contributed by atoms with Gasteiger partial charge in [-0.1, -0.05) is 0 Å². The van der Waals surface area contributed by atoms with Crippen LogP contribution >= 0.6 is 11.6 Å². The van der Waals surface area contributed by atoms with E-state index in [1.165, 1.54) is 0 Å². The van der Waals surface area contributed by atoms with E-state index in [2.05, 4.69) is 0 Å². The van der Waals surface area contributed by atoms with Crippen LogP contribution < -0.4 is 0 Å². The molecule has 0 bridgehead atoms. The molecule has 0 saturated carbocycles. The lowest BCUT2D eigenvalue weighted by Crippen LogP contribution is -2.24. The Kier molecular flexibility index (Phi) is 8.61. The summed E-state index contributed by atoms with van der Waals surface area (Å²) in [6, 6.07) is 0. The predicted octanol–water partition coefficient (Wildman–Crippen LogP) is 1.99. The highest BCUT2D eigenvalue weighted by Gasteiger charge is 2.15. The normalized spacial score (nSPS) is 11.5. The molecule has 0 saturated heterocycles. The summed E-state index contributed by atoms with van der Waals surface area (Å²) in [5.41, 5.74) is -0.430. The first-order valence-corrected chi connectivity index (χ1v) is 5.92. The first-order valence-electron chi connectivity index (χ1n) is 5.39. The second kappa shape index (κ2) is 8.79. The van der Waals surface area contributed by atoms with E-state index in [9.17, 15) is 4.79 Å². The van der Waals surface area contributed by atoms with E-state index in [4.69, 9.17) is 25.8 Å². The quantitative estimate of drug-likeness (QED) is 0.377. The monoisotopic (exact) mass is 252 g/mol. The third kappa shape index (κ3) is 11.8. The van der Waals surface area contributed by atoms with Gasteiger partial charge in [0.1, 0.15) is 5.60 Å². The smallest absolute Gasteiger partial charge is 0.308 e. The molecule has 96 valence electrons. The maximum atomic E-state index is 11.2. The molecule has 0 amide bonds. The number of hydrogen-bond acceptors (Lipinski definition) is 4. The van der Waals surface area contributed by atoms with Crippen molar-refractivity contribution in [1.29, 1.82) is 0 Å². The number of hydrogen-bond donors (Lipinski definition) is 0. The fourth-order valence-corrected chi connectivity index (χ4v) is 1.03. The summed E-state index contributed by atoms with van der Waals surface area (Å²) >= 11 is 5.42. The Labute approximate surface area is 102 Å². The highest BCUT2D eigenvalue weighted by Crippen LogP contribution is 2.07. The second-order valence-corrected chi connectivity index (χ2v) is 4.63. The lowest BCUT2D eigenvalue weighted by Gasteiger charge is -2.19. The Hall–Kier alpha value is -0.320. The Bertz CT molecular complexity index is 189. The van der Waals surface area contributed by atoms with Crippen molar-refractivity contribution in [3.8, 4) is 0 Å². The summed E-state index contributed by atoms with van der Waals surface area (Å²) in [7, 11) is 0. The maximum Gasteiger partial charge on any atom is 0.308 e. The van der Waals surface area contributed by atoms with E-state index in [1.807, 2.05) is 20.8 Å².